The molecule has 4 rings (SSSR count). The topological polar surface area (TPSA) is 59.2 Å². The van der Waals surface area contributed by atoms with Crippen molar-refractivity contribution in [1.29, 1.82) is 0 Å². The fraction of sp³-hybridized carbons (Fsp3) is 0.0769. The Morgan fingerprint density at radius 1 is 0.767 bits per heavy atom. The molecule has 148 valence electrons. The van der Waals surface area contributed by atoms with Gasteiger partial charge in [-0.15, -0.1) is 0 Å². The Labute approximate surface area is 174 Å². The first-order chi connectivity index (χ1) is 14.7. The molecule has 0 atom stereocenters. The molecule has 0 aliphatic rings. The number of ether oxygens (including phenoxy) is 1. The van der Waals surface area contributed by atoms with Crippen LogP contribution < -0.4 is 5.56 Å². The van der Waals surface area contributed by atoms with E-state index < -0.39 is 11.5 Å². The molecule has 1 aromatic heterocycles. The Morgan fingerprint density at radius 3 is 1.90 bits per heavy atom. The van der Waals surface area contributed by atoms with E-state index in [2.05, 4.69) is 17.1 Å². The molecule has 0 fully saturated rings. The molecule has 4 nitrogen and oxygen atoms in total. The number of benzene rings is 3. The van der Waals surface area contributed by atoms with Crippen LogP contribution in [0.4, 0.5) is 0 Å². The van der Waals surface area contributed by atoms with Crippen LogP contribution in [0.15, 0.2) is 95.8 Å². The number of hydrogen-bond acceptors (Lipinski definition) is 3. The first-order valence-corrected chi connectivity index (χ1v) is 9.83. The third kappa shape index (κ3) is 3.94. The summed E-state index contributed by atoms with van der Waals surface area (Å²) < 4.78 is 5.12. The highest BCUT2D eigenvalue weighted by atomic mass is 16.5. The number of carbonyl (C=O) groups is 1. The van der Waals surface area contributed by atoms with Crippen LogP contribution in [0.3, 0.4) is 0 Å². The highest BCUT2D eigenvalue weighted by molar-refractivity contribution is 5.97. The Morgan fingerprint density at radius 2 is 1.30 bits per heavy atom. The third-order valence-corrected chi connectivity index (χ3v) is 4.90. The van der Waals surface area contributed by atoms with Crippen LogP contribution >= 0.6 is 0 Å². The van der Waals surface area contributed by atoms with Gasteiger partial charge in [0.15, 0.2) is 0 Å². The molecule has 1 heterocycles. The summed E-state index contributed by atoms with van der Waals surface area (Å²) in [6.45, 7) is 1.92. The van der Waals surface area contributed by atoms with Gasteiger partial charge in [0.05, 0.1) is 6.61 Å². The van der Waals surface area contributed by atoms with Crippen LogP contribution in [0, 0.1) is 0 Å². The summed E-state index contributed by atoms with van der Waals surface area (Å²) in [5, 5.41) is 0. The van der Waals surface area contributed by atoms with Crippen LogP contribution in [0.2, 0.25) is 0 Å². The molecule has 0 saturated heterocycles. The van der Waals surface area contributed by atoms with Gasteiger partial charge in [-0.2, -0.15) is 0 Å². The highest BCUT2D eigenvalue weighted by Crippen LogP contribution is 2.28. The van der Waals surface area contributed by atoms with Crippen molar-refractivity contribution in [2.24, 2.45) is 0 Å². The molecule has 4 aromatic rings. The maximum absolute atomic E-state index is 12.9. The van der Waals surface area contributed by atoms with Crippen LogP contribution in [0.5, 0.6) is 0 Å². The van der Waals surface area contributed by atoms with Crippen LogP contribution in [-0.4, -0.2) is 17.6 Å². The summed E-state index contributed by atoms with van der Waals surface area (Å²) >= 11 is 0. The van der Waals surface area contributed by atoms with Gasteiger partial charge in [0.25, 0.3) is 5.56 Å². The molecular weight excluding hydrogens is 374 g/mol. The van der Waals surface area contributed by atoms with Gasteiger partial charge in [0, 0.05) is 11.3 Å². The van der Waals surface area contributed by atoms with Crippen LogP contribution in [-0.2, 0) is 4.74 Å². The number of nitrogens with one attached hydrogen (secondary N) is 1. The number of aromatic amines is 1. The van der Waals surface area contributed by atoms with E-state index in [1.807, 2.05) is 78.9 Å². The largest absolute Gasteiger partial charge is 0.462 e. The lowest BCUT2D eigenvalue weighted by Crippen LogP contribution is -2.21. The number of carbonyl (C=O) groups excluding carboxylic acids is 1. The van der Waals surface area contributed by atoms with Gasteiger partial charge in [-0.3, -0.25) is 4.79 Å². The van der Waals surface area contributed by atoms with Crippen molar-refractivity contribution in [2.75, 3.05) is 6.61 Å². The zero-order chi connectivity index (χ0) is 20.9. The van der Waals surface area contributed by atoms with E-state index in [0.717, 1.165) is 22.3 Å². The molecular formula is C26H21NO3. The highest BCUT2D eigenvalue weighted by Gasteiger charge is 2.20. The maximum Gasteiger partial charge on any atom is 0.344 e. The molecule has 0 saturated carbocycles. The zero-order valence-electron chi connectivity index (χ0n) is 16.6. The predicted octanol–water partition coefficient (Wildman–Crippen LogP) is 5.55. The molecule has 0 aliphatic heterocycles. The van der Waals surface area contributed by atoms with Gasteiger partial charge < -0.3 is 9.72 Å². The number of esters is 1. The Hall–Kier alpha value is -3.92. The van der Waals surface area contributed by atoms with Gasteiger partial charge in [-0.1, -0.05) is 84.9 Å². The van der Waals surface area contributed by atoms with Gasteiger partial charge in [0.2, 0.25) is 0 Å². The van der Waals surface area contributed by atoms with Gasteiger partial charge in [0.1, 0.15) is 5.56 Å². The number of pyridine rings is 1. The van der Waals surface area contributed by atoms with Crippen molar-refractivity contribution in [1.82, 2.24) is 4.98 Å². The maximum atomic E-state index is 12.9. The van der Waals surface area contributed by atoms with E-state index in [1.165, 1.54) is 0 Å². The molecule has 0 unspecified atom stereocenters. The lowest BCUT2D eigenvalue weighted by molar-refractivity contribution is 0.0525. The van der Waals surface area contributed by atoms with Gasteiger partial charge >= 0.3 is 5.97 Å². The van der Waals surface area contributed by atoms with E-state index in [-0.39, 0.29) is 12.2 Å². The fourth-order valence-corrected chi connectivity index (χ4v) is 3.44. The van der Waals surface area contributed by atoms with E-state index >= 15 is 0 Å². The molecule has 0 amide bonds. The molecule has 0 bridgehead atoms. The quantitative estimate of drug-likeness (QED) is 0.451. The number of rotatable bonds is 5. The molecule has 0 aliphatic carbocycles. The Kier molecular flexibility index (Phi) is 5.57. The van der Waals surface area contributed by atoms with E-state index in [9.17, 15) is 9.59 Å². The molecule has 30 heavy (non-hydrogen) atoms. The van der Waals surface area contributed by atoms with Crippen molar-refractivity contribution in [3.63, 3.8) is 0 Å². The first kappa shape index (κ1) is 19.4. The number of aromatic nitrogens is 1. The number of H-pyrrole nitrogens is 1. The molecule has 0 radical (unpaired) electrons. The van der Waals surface area contributed by atoms with Crippen molar-refractivity contribution >= 4 is 5.97 Å². The minimum atomic E-state index is -0.622. The van der Waals surface area contributed by atoms with E-state index in [1.54, 1.807) is 6.92 Å². The summed E-state index contributed by atoms with van der Waals surface area (Å²) in [5.74, 6) is -0.622. The average Bonchev–Trinajstić information content (AvgIpc) is 2.80. The second-order valence-corrected chi connectivity index (χ2v) is 6.83. The average molecular weight is 395 g/mol. The Bertz CT molecular complexity index is 1210. The summed E-state index contributed by atoms with van der Waals surface area (Å²) in [4.78, 5) is 28.2. The summed E-state index contributed by atoms with van der Waals surface area (Å²) in [6.07, 6.45) is 0. The second kappa shape index (κ2) is 8.62. The Balaban J connectivity index is 1.81. The minimum Gasteiger partial charge on any atom is -0.462 e. The molecule has 0 spiro atoms. The molecule has 3 aromatic carbocycles. The summed E-state index contributed by atoms with van der Waals surface area (Å²) in [7, 11) is 0. The smallest absolute Gasteiger partial charge is 0.344 e. The van der Waals surface area contributed by atoms with Crippen molar-refractivity contribution in [3.8, 4) is 33.5 Å². The predicted molar refractivity (Wildman–Crippen MR) is 119 cm³/mol. The first-order valence-electron chi connectivity index (χ1n) is 9.83. The standard InChI is InChI=1S/C26H21NO3/c1-2-30-26(29)24-22(20-11-7-4-8-12-20)17-23(27-25(24)28)21-15-13-19(14-16-21)18-9-5-3-6-10-18/h3-17H,2H2,1H3,(H,27,28). The minimum absolute atomic E-state index is 0.0210. The summed E-state index contributed by atoms with van der Waals surface area (Å²) in [6, 6.07) is 29.3. The van der Waals surface area contributed by atoms with Crippen molar-refractivity contribution in [3.05, 3.63) is 107 Å². The molecule has 1 N–H and O–H groups in total. The summed E-state index contributed by atoms with van der Waals surface area (Å²) in [5.41, 5.74) is 4.62. The second-order valence-electron chi connectivity index (χ2n) is 6.83. The third-order valence-electron chi connectivity index (χ3n) is 4.90. The normalized spacial score (nSPS) is 10.6. The monoisotopic (exact) mass is 395 g/mol. The van der Waals surface area contributed by atoms with Crippen molar-refractivity contribution < 1.29 is 9.53 Å². The van der Waals surface area contributed by atoms with E-state index in [4.69, 9.17) is 4.74 Å². The van der Waals surface area contributed by atoms with Gasteiger partial charge in [-0.25, -0.2) is 4.79 Å². The lowest BCUT2D eigenvalue weighted by Gasteiger charge is -2.12. The number of hydrogen-bond donors (Lipinski definition) is 1. The molecule has 4 heteroatoms. The zero-order valence-corrected chi connectivity index (χ0v) is 16.6. The lowest BCUT2D eigenvalue weighted by atomic mass is 9.97. The van der Waals surface area contributed by atoms with Crippen LogP contribution in [0.25, 0.3) is 33.5 Å². The van der Waals surface area contributed by atoms with E-state index in [0.29, 0.717) is 11.3 Å². The van der Waals surface area contributed by atoms with Gasteiger partial charge in [-0.05, 0) is 35.2 Å². The SMILES string of the molecule is CCOC(=O)c1c(-c2ccccc2)cc(-c2ccc(-c3ccccc3)cc2)[nH]c1=O. The fourth-order valence-electron chi connectivity index (χ4n) is 3.44. The van der Waals surface area contributed by atoms with Crippen molar-refractivity contribution in [2.45, 2.75) is 6.92 Å². The van der Waals surface area contributed by atoms with Crippen LogP contribution in [0.1, 0.15) is 17.3 Å².